The van der Waals surface area contributed by atoms with Gasteiger partial charge in [-0.3, -0.25) is 0 Å². The molecule has 1 aliphatic heterocycles. The molecule has 0 fully saturated rings. The van der Waals surface area contributed by atoms with Gasteiger partial charge < -0.3 is 4.90 Å². The number of rotatable bonds is 7. The van der Waals surface area contributed by atoms with Crippen molar-refractivity contribution in [2.45, 2.75) is 19.3 Å². The van der Waals surface area contributed by atoms with Crippen molar-refractivity contribution in [3.8, 4) is 45.3 Å². The zero-order valence-electron chi connectivity index (χ0n) is 34.6. The van der Waals surface area contributed by atoms with Crippen molar-refractivity contribution in [2.75, 3.05) is 4.90 Å². The fourth-order valence-corrected chi connectivity index (χ4v) is 9.71. The van der Waals surface area contributed by atoms with E-state index in [1.54, 1.807) is 0 Å². The van der Waals surface area contributed by atoms with Crippen molar-refractivity contribution in [1.29, 1.82) is 0 Å². The fraction of sp³-hybridized carbons (Fsp3) is 0.0517. The van der Waals surface area contributed by atoms with Crippen LogP contribution in [0.2, 0.25) is 0 Å². The zero-order chi connectivity index (χ0) is 41.6. The van der Waals surface area contributed by atoms with Crippen molar-refractivity contribution >= 4 is 27.8 Å². The lowest BCUT2D eigenvalue weighted by atomic mass is 9.60. The number of hydrogen-bond donors (Lipinski definition) is 0. The molecule has 11 rings (SSSR count). The Bertz CT molecular complexity index is 3160. The Hall–Kier alpha value is -7.95. The second-order valence-corrected chi connectivity index (χ2v) is 16.0. The van der Waals surface area contributed by atoms with E-state index in [1.807, 2.05) is 60.7 Å². The number of benzene rings is 9. The first-order chi connectivity index (χ1) is 30.6. The van der Waals surface area contributed by atoms with Crippen LogP contribution in [0.4, 0.5) is 17.1 Å². The Morgan fingerprint density at radius 1 is 0.355 bits per heavy atom. The average molecular weight is 795 g/mol. The molecule has 4 heteroatoms. The van der Waals surface area contributed by atoms with Crippen molar-refractivity contribution in [3.05, 3.63) is 252 Å². The molecule has 0 unspecified atom stereocenters. The summed E-state index contributed by atoms with van der Waals surface area (Å²) in [5.74, 6) is 1.91. The van der Waals surface area contributed by atoms with Gasteiger partial charge in [0.1, 0.15) is 0 Å². The lowest BCUT2D eigenvalue weighted by Crippen LogP contribution is -2.38. The molecule has 1 aliphatic rings. The minimum atomic E-state index is -0.667. The molecule has 1 aromatic heterocycles. The van der Waals surface area contributed by atoms with E-state index in [0.717, 1.165) is 33.8 Å². The maximum Gasteiger partial charge on any atom is 0.164 e. The predicted octanol–water partition coefficient (Wildman–Crippen LogP) is 14.5. The minimum Gasteiger partial charge on any atom is -0.310 e. The van der Waals surface area contributed by atoms with Gasteiger partial charge in [-0.1, -0.05) is 182 Å². The van der Waals surface area contributed by atoms with Gasteiger partial charge in [0.05, 0.1) is 16.8 Å². The summed E-state index contributed by atoms with van der Waals surface area (Å²) in [6.45, 7) is 4.52. The van der Waals surface area contributed by atoms with E-state index in [4.69, 9.17) is 15.0 Å². The topological polar surface area (TPSA) is 41.9 Å². The van der Waals surface area contributed by atoms with E-state index >= 15 is 0 Å². The van der Waals surface area contributed by atoms with E-state index < -0.39 is 5.41 Å². The van der Waals surface area contributed by atoms with Crippen LogP contribution in [0.25, 0.3) is 56.1 Å². The molecule has 0 saturated heterocycles. The summed E-state index contributed by atoms with van der Waals surface area (Å²) in [5, 5.41) is 2.45. The molecule has 0 saturated carbocycles. The van der Waals surface area contributed by atoms with Crippen LogP contribution in [-0.2, 0) is 5.41 Å². The summed E-state index contributed by atoms with van der Waals surface area (Å²) >= 11 is 0. The maximum atomic E-state index is 5.03. The summed E-state index contributed by atoms with van der Waals surface area (Å²) in [6, 6.07) is 78.2. The normalized spacial score (nSPS) is 12.8. The standard InChI is InChI=1S/C58H42N4/c1-39-19-9-11-26-46(39)47-28-18-31-49(40(47)2)58(50-32-17-25-41-20-10-12-27-48(41)50)51-29-13-15-33-53(51)62(54-34-16-14-30-52(54)58)45-37-35-44(36-38-45)57-60-55(42-21-5-3-6-22-42)59-56(61-57)43-23-7-4-8-24-43/h3-38H,1-2H3. The molecule has 2 heterocycles. The molecule has 0 N–H and O–H groups in total. The molecule has 62 heavy (non-hydrogen) atoms. The van der Waals surface area contributed by atoms with Crippen LogP contribution in [0.5, 0.6) is 0 Å². The summed E-state index contributed by atoms with van der Waals surface area (Å²) < 4.78 is 0. The smallest absolute Gasteiger partial charge is 0.164 e. The number of fused-ring (bicyclic) bond motifs is 3. The van der Waals surface area contributed by atoms with E-state index in [-0.39, 0.29) is 0 Å². The van der Waals surface area contributed by atoms with Crippen LogP contribution in [0.15, 0.2) is 218 Å². The summed E-state index contributed by atoms with van der Waals surface area (Å²) in [5.41, 5.74) is 15.4. The van der Waals surface area contributed by atoms with Crippen LogP contribution >= 0.6 is 0 Å². The van der Waals surface area contributed by atoms with E-state index in [9.17, 15) is 0 Å². The summed E-state index contributed by atoms with van der Waals surface area (Å²) in [6.07, 6.45) is 0. The quantitative estimate of drug-likeness (QED) is 0.161. The van der Waals surface area contributed by atoms with Gasteiger partial charge >= 0.3 is 0 Å². The Kier molecular flexibility index (Phi) is 9.13. The second kappa shape index (κ2) is 15.3. The number of hydrogen-bond acceptors (Lipinski definition) is 4. The molecule has 0 aliphatic carbocycles. The number of nitrogens with zero attached hydrogens (tertiary/aromatic N) is 4. The third-order valence-corrected chi connectivity index (χ3v) is 12.5. The molecular weight excluding hydrogens is 753 g/mol. The van der Waals surface area contributed by atoms with Crippen molar-refractivity contribution in [3.63, 3.8) is 0 Å². The lowest BCUT2D eigenvalue weighted by Gasteiger charge is -2.47. The van der Waals surface area contributed by atoms with E-state index in [2.05, 4.69) is 176 Å². The molecule has 9 aromatic carbocycles. The first-order valence-corrected chi connectivity index (χ1v) is 21.2. The Morgan fingerprint density at radius 3 is 1.44 bits per heavy atom. The highest BCUT2D eigenvalue weighted by Gasteiger charge is 2.48. The number of anilines is 3. The van der Waals surface area contributed by atoms with Crippen LogP contribution in [0.1, 0.15) is 33.4 Å². The second-order valence-electron chi connectivity index (χ2n) is 16.0. The third-order valence-electron chi connectivity index (χ3n) is 12.5. The SMILES string of the molecule is Cc1ccccc1-c1cccc(C2(c3cccc4ccccc34)c3ccccc3N(c3ccc(-c4nc(-c5ccccc5)nc(-c5ccccc5)n4)cc3)c3ccccc32)c1C. The molecule has 0 atom stereocenters. The number of aromatic nitrogens is 3. The average Bonchev–Trinajstić information content (AvgIpc) is 3.34. The first kappa shape index (κ1) is 37.1. The van der Waals surface area contributed by atoms with Crippen LogP contribution < -0.4 is 4.90 Å². The molecular formula is C58H42N4. The molecule has 10 aromatic rings. The minimum absolute atomic E-state index is 0.627. The fourth-order valence-electron chi connectivity index (χ4n) is 9.71. The van der Waals surface area contributed by atoms with Crippen LogP contribution in [0.3, 0.4) is 0 Å². The van der Waals surface area contributed by atoms with Gasteiger partial charge in [-0.05, 0) is 106 Å². The Labute approximate surface area is 362 Å². The summed E-state index contributed by atoms with van der Waals surface area (Å²) in [7, 11) is 0. The summed E-state index contributed by atoms with van der Waals surface area (Å²) in [4.78, 5) is 17.4. The van der Waals surface area contributed by atoms with Crippen LogP contribution in [0, 0.1) is 13.8 Å². The third kappa shape index (κ3) is 6.02. The molecule has 4 nitrogen and oxygen atoms in total. The highest BCUT2D eigenvalue weighted by molar-refractivity contribution is 5.96. The van der Waals surface area contributed by atoms with Gasteiger partial charge in [-0.15, -0.1) is 0 Å². The van der Waals surface area contributed by atoms with Gasteiger partial charge in [0.15, 0.2) is 17.5 Å². The molecule has 0 bridgehead atoms. The van der Waals surface area contributed by atoms with Crippen molar-refractivity contribution < 1.29 is 0 Å². The largest absolute Gasteiger partial charge is 0.310 e. The van der Waals surface area contributed by atoms with Gasteiger partial charge in [-0.2, -0.15) is 0 Å². The molecule has 0 spiro atoms. The van der Waals surface area contributed by atoms with Crippen LogP contribution in [-0.4, -0.2) is 15.0 Å². The van der Waals surface area contributed by atoms with Gasteiger partial charge in [0.2, 0.25) is 0 Å². The number of para-hydroxylation sites is 2. The lowest BCUT2D eigenvalue weighted by molar-refractivity contribution is 0.732. The van der Waals surface area contributed by atoms with Gasteiger partial charge in [-0.25, -0.2) is 15.0 Å². The zero-order valence-corrected chi connectivity index (χ0v) is 34.6. The van der Waals surface area contributed by atoms with E-state index in [0.29, 0.717) is 17.5 Å². The molecule has 0 radical (unpaired) electrons. The highest BCUT2D eigenvalue weighted by atomic mass is 15.2. The van der Waals surface area contributed by atoms with Crippen molar-refractivity contribution in [2.24, 2.45) is 0 Å². The highest BCUT2D eigenvalue weighted by Crippen LogP contribution is 2.59. The van der Waals surface area contributed by atoms with Gasteiger partial charge in [0, 0.05) is 22.4 Å². The Balaban J connectivity index is 1.12. The monoisotopic (exact) mass is 794 g/mol. The first-order valence-electron chi connectivity index (χ1n) is 21.2. The maximum absolute atomic E-state index is 5.03. The van der Waals surface area contributed by atoms with Crippen molar-refractivity contribution in [1.82, 2.24) is 15.0 Å². The molecule has 0 amide bonds. The Morgan fingerprint density at radius 2 is 0.806 bits per heavy atom. The van der Waals surface area contributed by atoms with Gasteiger partial charge in [0.25, 0.3) is 0 Å². The number of aryl methyl sites for hydroxylation is 1. The van der Waals surface area contributed by atoms with E-state index in [1.165, 1.54) is 55.3 Å². The molecule has 294 valence electrons. The predicted molar refractivity (Wildman–Crippen MR) is 255 cm³/mol.